The first-order valence-corrected chi connectivity index (χ1v) is 9.78. The van der Waals surface area contributed by atoms with Crippen molar-refractivity contribution in [1.29, 1.82) is 0 Å². The molecule has 0 amide bonds. The lowest BCUT2D eigenvalue weighted by molar-refractivity contribution is -0.275. The summed E-state index contributed by atoms with van der Waals surface area (Å²) >= 11 is 0. The normalized spacial score (nSPS) is 11.8. The summed E-state index contributed by atoms with van der Waals surface area (Å²) in [6, 6.07) is 7.44. The molecule has 3 heterocycles. The summed E-state index contributed by atoms with van der Waals surface area (Å²) in [6.07, 6.45) is -1.83. The molecule has 188 valence electrons. The van der Waals surface area contributed by atoms with Gasteiger partial charge in [0.1, 0.15) is 11.5 Å². The Bertz CT molecular complexity index is 1560. The number of aromatic amines is 1. The van der Waals surface area contributed by atoms with Gasteiger partial charge in [-0.3, -0.25) is 9.20 Å². The van der Waals surface area contributed by atoms with Gasteiger partial charge in [0.15, 0.2) is 0 Å². The van der Waals surface area contributed by atoms with Gasteiger partial charge in [0.25, 0.3) is 5.56 Å². The van der Waals surface area contributed by atoms with E-state index in [0.29, 0.717) is 11.2 Å². The molecular formula is C21H14F6N6O3. The molecule has 0 saturated carbocycles. The molecule has 15 heteroatoms. The zero-order valence-electron chi connectivity index (χ0n) is 17.7. The van der Waals surface area contributed by atoms with Crippen LogP contribution < -0.4 is 20.8 Å². The lowest BCUT2D eigenvalue weighted by atomic mass is 10.2. The number of anilines is 1. The summed E-state index contributed by atoms with van der Waals surface area (Å²) in [6.45, 7) is 0. The molecule has 5 rings (SSSR count). The number of nitrogen functional groups attached to an aromatic ring is 1. The molecule has 0 radical (unpaired) electrons. The van der Waals surface area contributed by atoms with E-state index in [4.69, 9.17) is 5.73 Å². The first kappa shape index (κ1) is 24.4. The number of ether oxygens (including phenoxy) is 2. The maximum Gasteiger partial charge on any atom is 0.573 e. The van der Waals surface area contributed by atoms with Gasteiger partial charge < -0.3 is 24.8 Å². The minimum atomic E-state index is -4.77. The predicted octanol–water partition coefficient (Wildman–Crippen LogP) is 4.43. The summed E-state index contributed by atoms with van der Waals surface area (Å²) in [5.41, 5.74) is 6.80. The second-order valence-corrected chi connectivity index (χ2v) is 7.04. The summed E-state index contributed by atoms with van der Waals surface area (Å²) in [5, 5.41) is 0. The smallest absolute Gasteiger partial charge is 0.406 e. The number of imidazole rings is 2. The van der Waals surface area contributed by atoms with Crippen LogP contribution in [0.4, 0.5) is 32.0 Å². The Hall–Kier alpha value is -4.69. The molecular weight excluding hydrogens is 498 g/mol. The molecule has 3 N–H and O–H groups in total. The fraction of sp³-hybridized carbons (Fsp3) is 0.0952. The van der Waals surface area contributed by atoms with Crippen molar-refractivity contribution in [1.82, 2.24) is 23.9 Å². The van der Waals surface area contributed by atoms with Crippen LogP contribution in [0.25, 0.3) is 22.4 Å². The molecule has 9 nitrogen and oxygen atoms in total. The fourth-order valence-electron chi connectivity index (χ4n) is 3.23. The van der Waals surface area contributed by atoms with Gasteiger partial charge in [-0.1, -0.05) is 0 Å². The van der Waals surface area contributed by atoms with Gasteiger partial charge in [-0.05, 0) is 24.3 Å². The number of nitrogens with two attached hydrogens (primary N) is 1. The van der Waals surface area contributed by atoms with Crippen LogP contribution in [0, 0.1) is 0 Å². The monoisotopic (exact) mass is 512 g/mol. The average molecular weight is 512 g/mol. The van der Waals surface area contributed by atoms with E-state index in [1.807, 2.05) is 0 Å². The van der Waals surface area contributed by atoms with Crippen molar-refractivity contribution in [2.24, 2.45) is 0 Å². The Balaban J connectivity index is 0.000000170. The predicted molar refractivity (Wildman–Crippen MR) is 115 cm³/mol. The number of fused-ring (bicyclic) bond motifs is 3. The Labute approximate surface area is 196 Å². The fourth-order valence-corrected chi connectivity index (χ4v) is 3.23. The lowest BCUT2D eigenvalue weighted by Crippen LogP contribution is -2.17. The number of aromatic nitrogens is 5. The minimum absolute atomic E-state index is 0.171. The van der Waals surface area contributed by atoms with Gasteiger partial charge in [-0.2, -0.15) is 0 Å². The number of rotatable bonds is 3. The molecule has 3 aromatic heterocycles. The first-order chi connectivity index (χ1) is 16.9. The third-order valence-electron chi connectivity index (χ3n) is 4.57. The van der Waals surface area contributed by atoms with E-state index < -0.39 is 24.0 Å². The third-order valence-corrected chi connectivity index (χ3v) is 4.57. The van der Waals surface area contributed by atoms with Crippen molar-refractivity contribution >= 4 is 22.4 Å². The largest absolute Gasteiger partial charge is 0.573 e. The molecule has 0 atom stereocenters. The molecule has 0 aliphatic rings. The molecule has 0 unspecified atom stereocenters. The van der Waals surface area contributed by atoms with E-state index in [1.165, 1.54) is 41.2 Å². The van der Waals surface area contributed by atoms with Crippen molar-refractivity contribution in [3.63, 3.8) is 0 Å². The van der Waals surface area contributed by atoms with Gasteiger partial charge in [0.05, 0.1) is 28.7 Å². The first-order valence-electron chi connectivity index (χ1n) is 9.78. The van der Waals surface area contributed by atoms with E-state index in [0.717, 1.165) is 12.1 Å². The Morgan fingerprint density at radius 1 is 0.889 bits per heavy atom. The van der Waals surface area contributed by atoms with Gasteiger partial charge in [-0.25, -0.2) is 9.97 Å². The van der Waals surface area contributed by atoms with E-state index in [2.05, 4.69) is 24.4 Å². The number of nitrogens with zero attached hydrogens (tertiary/aromatic N) is 4. The molecule has 5 aromatic rings. The Morgan fingerprint density at radius 2 is 1.56 bits per heavy atom. The highest BCUT2D eigenvalue weighted by Crippen LogP contribution is 2.28. The van der Waals surface area contributed by atoms with Crippen LogP contribution in [-0.4, -0.2) is 36.6 Å². The zero-order chi connectivity index (χ0) is 26.1. The topological polar surface area (TPSA) is 112 Å². The van der Waals surface area contributed by atoms with E-state index in [-0.39, 0.29) is 22.6 Å². The number of hydrogen-bond donors (Lipinski definition) is 2. The van der Waals surface area contributed by atoms with E-state index >= 15 is 0 Å². The summed E-state index contributed by atoms with van der Waals surface area (Å²) in [4.78, 5) is 21.8. The van der Waals surface area contributed by atoms with Crippen LogP contribution in [0.2, 0.25) is 0 Å². The second kappa shape index (κ2) is 9.16. The molecule has 36 heavy (non-hydrogen) atoms. The van der Waals surface area contributed by atoms with Crippen LogP contribution in [-0.2, 0) is 0 Å². The molecule has 0 spiro atoms. The van der Waals surface area contributed by atoms with Crippen LogP contribution in [0.1, 0.15) is 0 Å². The summed E-state index contributed by atoms with van der Waals surface area (Å²) in [7, 11) is 0. The van der Waals surface area contributed by atoms with Crippen LogP contribution >= 0.6 is 0 Å². The molecule has 0 bridgehead atoms. The van der Waals surface area contributed by atoms with Crippen LogP contribution in [0.15, 0.2) is 72.3 Å². The highest BCUT2D eigenvalue weighted by Gasteiger charge is 2.32. The molecule has 0 aliphatic carbocycles. The van der Waals surface area contributed by atoms with Crippen molar-refractivity contribution in [2.45, 2.75) is 12.7 Å². The Kier molecular flexibility index (Phi) is 6.22. The highest BCUT2D eigenvalue weighted by molar-refractivity contribution is 5.78. The molecule has 0 fully saturated rings. The Morgan fingerprint density at radius 3 is 2.17 bits per heavy atom. The second-order valence-electron chi connectivity index (χ2n) is 7.04. The minimum Gasteiger partial charge on any atom is -0.406 e. The van der Waals surface area contributed by atoms with Gasteiger partial charge in [0.2, 0.25) is 5.65 Å². The summed E-state index contributed by atoms with van der Waals surface area (Å²) < 4.78 is 82.9. The van der Waals surface area contributed by atoms with Crippen molar-refractivity contribution < 1.29 is 35.8 Å². The van der Waals surface area contributed by atoms with Gasteiger partial charge in [-0.15, -0.1) is 26.3 Å². The lowest BCUT2D eigenvalue weighted by Gasteiger charge is -2.11. The van der Waals surface area contributed by atoms with Crippen LogP contribution in [0.5, 0.6) is 11.5 Å². The maximum absolute atomic E-state index is 12.1. The maximum atomic E-state index is 12.1. The molecule has 2 aromatic carbocycles. The molecule has 0 saturated heterocycles. The quantitative estimate of drug-likeness (QED) is 0.273. The number of halogens is 6. The SMILES string of the molecule is Nc1cc(OC(F)(F)F)ccc1-n1ccnc1.O=c1[nH]c2cc(OC(F)(F)F)ccc2n2ccnc12. The zero-order valence-corrected chi connectivity index (χ0v) is 17.7. The van der Waals surface area contributed by atoms with Crippen LogP contribution in [0.3, 0.4) is 0 Å². The van der Waals surface area contributed by atoms with Crippen molar-refractivity contribution in [2.75, 3.05) is 5.73 Å². The number of alkyl halides is 6. The molecule has 0 aliphatic heterocycles. The van der Waals surface area contributed by atoms with E-state index in [9.17, 15) is 31.1 Å². The van der Waals surface area contributed by atoms with Crippen molar-refractivity contribution in [3.8, 4) is 17.2 Å². The number of hydrogen-bond acceptors (Lipinski definition) is 6. The number of nitrogens with one attached hydrogen (secondary N) is 1. The number of H-pyrrole nitrogens is 1. The van der Waals surface area contributed by atoms with Gasteiger partial charge in [0, 0.05) is 36.9 Å². The van der Waals surface area contributed by atoms with Crippen molar-refractivity contribution in [3.05, 3.63) is 77.9 Å². The number of benzene rings is 2. The summed E-state index contributed by atoms with van der Waals surface area (Å²) in [5.74, 6) is -0.742. The highest BCUT2D eigenvalue weighted by atomic mass is 19.4. The third kappa shape index (κ3) is 5.68. The van der Waals surface area contributed by atoms with E-state index in [1.54, 1.807) is 23.2 Å². The van der Waals surface area contributed by atoms with Gasteiger partial charge >= 0.3 is 12.7 Å². The average Bonchev–Trinajstić information content (AvgIpc) is 3.45. The standard InChI is InChI=1S/C11H6F3N3O2.C10H8F3N3O/c12-11(13,14)19-6-1-2-8-7(5-6)16-10(18)9-15-3-4-17(8)9;11-10(12,13)17-7-1-2-9(8(14)5-7)16-4-3-15-6-16/h1-5H,(H,16,18);1-6H,14H2.